The molecule has 0 spiro atoms. The minimum atomic E-state index is 1.01. The molecular formula is C13H25N3S. The first-order valence-electron chi connectivity index (χ1n) is 6.71. The average Bonchev–Trinajstić information content (AvgIpc) is 2.79. The minimum Gasteiger partial charge on any atom is -0.362 e. The van der Waals surface area contributed by atoms with Gasteiger partial charge in [0.15, 0.2) is 5.13 Å². The highest BCUT2D eigenvalue weighted by molar-refractivity contribution is 7.15. The van der Waals surface area contributed by atoms with Crippen molar-refractivity contribution in [2.45, 2.75) is 46.6 Å². The Morgan fingerprint density at radius 1 is 1.29 bits per heavy atom. The number of rotatable bonds is 9. The maximum absolute atomic E-state index is 4.40. The topological polar surface area (TPSA) is 28.2 Å². The Morgan fingerprint density at radius 2 is 2.12 bits per heavy atom. The molecule has 1 N–H and O–H groups in total. The Hall–Kier alpha value is -0.610. The molecule has 0 radical (unpaired) electrons. The van der Waals surface area contributed by atoms with Crippen molar-refractivity contribution in [2.24, 2.45) is 0 Å². The van der Waals surface area contributed by atoms with Gasteiger partial charge in [0, 0.05) is 24.2 Å². The summed E-state index contributed by atoms with van der Waals surface area (Å²) in [6.45, 7) is 11.0. The predicted molar refractivity (Wildman–Crippen MR) is 76.8 cm³/mol. The molecule has 0 aliphatic rings. The molecule has 0 amide bonds. The number of hydrogen-bond acceptors (Lipinski definition) is 4. The molecule has 0 unspecified atom stereocenters. The fraction of sp³-hybridized carbons (Fsp3) is 0.769. The van der Waals surface area contributed by atoms with Gasteiger partial charge in [0.1, 0.15) is 0 Å². The molecule has 0 aliphatic heterocycles. The van der Waals surface area contributed by atoms with E-state index in [0.29, 0.717) is 0 Å². The molecule has 0 aromatic carbocycles. The van der Waals surface area contributed by atoms with E-state index in [1.165, 1.54) is 24.3 Å². The average molecular weight is 255 g/mol. The Balaban J connectivity index is 2.40. The summed E-state index contributed by atoms with van der Waals surface area (Å²) in [5, 5.41) is 4.40. The highest BCUT2D eigenvalue weighted by Crippen LogP contribution is 2.19. The summed E-state index contributed by atoms with van der Waals surface area (Å²) >= 11 is 1.79. The summed E-state index contributed by atoms with van der Waals surface area (Å²) in [6.07, 6.45) is 5.71. The van der Waals surface area contributed by atoms with E-state index in [2.05, 4.69) is 36.0 Å². The number of aromatic nitrogens is 1. The third-order valence-electron chi connectivity index (χ3n) is 2.73. The molecule has 0 saturated heterocycles. The molecule has 1 aromatic rings. The number of hydrogen-bond donors (Lipinski definition) is 1. The second-order valence-electron chi connectivity index (χ2n) is 4.28. The lowest BCUT2D eigenvalue weighted by molar-refractivity contribution is 0.277. The van der Waals surface area contributed by atoms with Crippen LogP contribution < -0.4 is 5.32 Å². The van der Waals surface area contributed by atoms with Crippen LogP contribution in [0.5, 0.6) is 0 Å². The minimum absolute atomic E-state index is 1.01. The maximum Gasteiger partial charge on any atom is 0.182 e. The monoisotopic (exact) mass is 255 g/mol. The van der Waals surface area contributed by atoms with Gasteiger partial charge in [0.05, 0.1) is 0 Å². The second kappa shape index (κ2) is 8.48. The Kier molecular flexibility index (Phi) is 7.21. The van der Waals surface area contributed by atoms with E-state index in [4.69, 9.17) is 0 Å². The number of nitrogens with one attached hydrogen (secondary N) is 1. The lowest BCUT2D eigenvalue weighted by Crippen LogP contribution is -2.23. The fourth-order valence-corrected chi connectivity index (χ4v) is 2.53. The number of unbranched alkanes of at least 4 members (excludes halogenated alkanes) is 1. The van der Waals surface area contributed by atoms with Gasteiger partial charge in [-0.25, -0.2) is 4.98 Å². The smallest absolute Gasteiger partial charge is 0.182 e. The van der Waals surface area contributed by atoms with Crippen LogP contribution in [0.1, 0.15) is 44.9 Å². The van der Waals surface area contributed by atoms with E-state index < -0.39 is 0 Å². The maximum atomic E-state index is 4.40. The van der Waals surface area contributed by atoms with Gasteiger partial charge in [-0.1, -0.05) is 27.2 Å². The number of anilines is 1. The molecule has 0 atom stereocenters. The normalized spacial score (nSPS) is 11.1. The van der Waals surface area contributed by atoms with Crippen molar-refractivity contribution in [2.75, 3.05) is 25.0 Å². The third-order valence-corrected chi connectivity index (χ3v) is 3.67. The van der Waals surface area contributed by atoms with Gasteiger partial charge >= 0.3 is 0 Å². The Labute approximate surface area is 109 Å². The molecule has 4 heteroatoms. The lowest BCUT2D eigenvalue weighted by atomic mass is 10.3. The summed E-state index contributed by atoms with van der Waals surface area (Å²) in [5.74, 6) is 0. The first kappa shape index (κ1) is 14.5. The summed E-state index contributed by atoms with van der Waals surface area (Å²) < 4.78 is 0. The molecule has 3 nitrogen and oxygen atoms in total. The van der Waals surface area contributed by atoms with E-state index in [-0.39, 0.29) is 0 Å². The van der Waals surface area contributed by atoms with Crippen LogP contribution in [0.15, 0.2) is 6.20 Å². The molecule has 98 valence electrons. The summed E-state index contributed by atoms with van der Waals surface area (Å²) in [7, 11) is 0. The van der Waals surface area contributed by atoms with Gasteiger partial charge in [0.2, 0.25) is 0 Å². The third kappa shape index (κ3) is 5.50. The first-order valence-corrected chi connectivity index (χ1v) is 7.52. The van der Waals surface area contributed by atoms with Crippen molar-refractivity contribution in [3.63, 3.8) is 0 Å². The molecule has 0 bridgehead atoms. The summed E-state index contributed by atoms with van der Waals surface area (Å²) in [4.78, 5) is 8.25. The van der Waals surface area contributed by atoms with Crippen molar-refractivity contribution in [1.82, 2.24) is 9.88 Å². The van der Waals surface area contributed by atoms with Crippen LogP contribution in [0.4, 0.5) is 5.13 Å². The quantitative estimate of drug-likeness (QED) is 0.731. The van der Waals surface area contributed by atoms with Crippen LogP contribution in [-0.2, 0) is 6.54 Å². The molecule has 0 aliphatic carbocycles. The van der Waals surface area contributed by atoms with Gasteiger partial charge in [0.25, 0.3) is 0 Å². The van der Waals surface area contributed by atoms with Gasteiger partial charge in [-0.2, -0.15) is 0 Å². The molecule has 1 aromatic heterocycles. The molecule has 1 heterocycles. The lowest BCUT2D eigenvalue weighted by Gasteiger charge is -2.18. The first-order chi connectivity index (χ1) is 8.30. The van der Waals surface area contributed by atoms with Crippen molar-refractivity contribution >= 4 is 16.5 Å². The predicted octanol–water partition coefficient (Wildman–Crippen LogP) is 3.59. The van der Waals surface area contributed by atoms with Crippen molar-refractivity contribution in [1.29, 1.82) is 0 Å². The zero-order valence-corrected chi connectivity index (χ0v) is 12.1. The molecule has 0 fully saturated rings. The van der Waals surface area contributed by atoms with Crippen molar-refractivity contribution in [3.8, 4) is 0 Å². The standard InChI is InChI=1S/C13H25N3S/c1-4-7-9-16(6-3)11-12-10-15-13(17-12)14-8-5-2/h10H,4-9,11H2,1-3H3,(H,14,15). The summed E-state index contributed by atoms with van der Waals surface area (Å²) in [6, 6.07) is 0. The van der Waals surface area contributed by atoms with E-state index >= 15 is 0 Å². The van der Waals surface area contributed by atoms with Crippen LogP contribution in [0.2, 0.25) is 0 Å². The van der Waals surface area contributed by atoms with Crippen LogP contribution in [0.3, 0.4) is 0 Å². The zero-order valence-electron chi connectivity index (χ0n) is 11.3. The van der Waals surface area contributed by atoms with Crippen LogP contribution in [0.25, 0.3) is 0 Å². The van der Waals surface area contributed by atoms with Crippen LogP contribution >= 0.6 is 11.3 Å². The molecular weight excluding hydrogens is 230 g/mol. The highest BCUT2D eigenvalue weighted by atomic mass is 32.1. The largest absolute Gasteiger partial charge is 0.362 e. The highest BCUT2D eigenvalue weighted by Gasteiger charge is 2.06. The Morgan fingerprint density at radius 3 is 2.76 bits per heavy atom. The second-order valence-corrected chi connectivity index (χ2v) is 5.40. The van der Waals surface area contributed by atoms with E-state index in [1.54, 1.807) is 11.3 Å². The zero-order chi connectivity index (χ0) is 12.5. The van der Waals surface area contributed by atoms with Gasteiger partial charge in [-0.05, 0) is 25.9 Å². The van der Waals surface area contributed by atoms with Gasteiger partial charge in [-0.3, -0.25) is 4.90 Å². The molecule has 1 rings (SSSR count). The summed E-state index contributed by atoms with van der Waals surface area (Å²) in [5.41, 5.74) is 0. The van der Waals surface area contributed by atoms with E-state index in [9.17, 15) is 0 Å². The van der Waals surface area contributed by atoms with E-state index in [1.807, 2.05) is 6.20 Å². The SMILES string of the molecule is CCCCN(CC)Cc1cnc(NCCC)s1. The fourth-order valence-electron chi connectivity index (χ4n) is 1.65. The molecule has 0 saturated carbocycles. The van der Waals surface area contributed by atoms with Crippen molar-refractivity contribution in [3.05, 3.63) is 11.1 Å². The van der Waals surface area contributed by atoms with Crippen LogP contribution in [0, 0.1) is 0 Å². The van der Waals surface area contributed by atoms with Crippen molar-refractivity contribution < 1.29 is 0 Å². The number of nitrogens with zero attached hydrogens (tertiary/aromatic N) is 2. The Bertz CT molecular complexity index is 299. The van der Waals surface area contributed by atoms with Gasteiger partial charge in [-0.15, -0.1) is 11.3 Å². The van der Waals surface area contributed by atoms with Crippen LogP contribution in [-0.4, -0.2) is 29.5 Å². The van der Waals surface area contributed by atoms with E-state index in [0.717, 1.165) is 31.2 Å². The molecule has 17 heavy (non-hydrogen) atoms. The van der Waals surface area contributed by atoms with Gasteiger partial charge < -0.3 is 5.32 Å². The number of thiazole rings is 1.